The smallest absolute Gasteiger partial charge is 0.177 e. The first-order valence-electron chi connectivity index (χ1n) is 9.94. The molecule has 0 saturated heterocycles. The van der Waals surface area contributed by atoms with E-state index in [-0.39, 0.29) is 5.68 Å². The lowest BCUT2D eigenvalue weighted by Crippen LogP contribution is -2.14. The number of fused-ring (bicyclic) bond motifs is 1. The number of aromatic nitrogens is 1. The second kappa shape index (κ2) is 6.95. The van der Waals surface area contributed by atoms with Crippen LogP contribution in [0, 0.1) is 62.3 Å². The Labute approximate surface area is 170 Å². The molecule has 0 N–H and O–H groups in total. The van der Waals surface area contributed by atoms with Gasteiger partial charge in [-0.25, -0.2) is 0 Å². The Morgan fingerprint density at radius 3 is 1.64 bits per heavy atom. The summed E-state index contributed by atoms with van der Waals surface area (Å²) in [5, 5.41) is 1.13. The summed E-state index contributed by atoms with van der Waals surface area (Å²) in [6, 6.07) is 1.98. The molecule has 0 saturated carbocycles. The Morgan fingerprint density at radius 2 is 1.14 bits per heavy atom. The number of carbonyl (C=O) groups is 1. The van der Waals surface area contributed by atoms with Gasteiger partial charge in [-0.1, -0.05) is 0 Å². The summed E-state index contributed by atoms with van der Waals surface area (Å²) >= 11 is 0. The first kappa shape index (κ1) is 20.4. The number of aryl methyl sites for hydroxylation is 2. The van der Waals surface area contributed by atoms with Crippen LogP contribution in [0.4, 0.5) is 0 Å². The zero-order valence-electron chi connectivity index (χ0n) is 18.7. The molecule has 3 heteroatoms. The third kappa shape index (κ3) is 2.83. The second-order valence-corrected chi connectivity index (χ2v) is 8.35. The molecule has 0 unspecified atom stereocenters. The van der Waals surface area contributed by atoms with Gasteiger partial charge < -0.3 is 9.36 Å². The van der Waals surface area contributed by atoms with E-state index in [1.807, 2.05) is 6.07 Å². The van der Waals surface area contributed by atoms with Gasteiger partial charge in [-0.3, -0.25) is 0 Å². The summed E-state index contributed by atoms with van der Waals surface area (Å²) in [6.45, 7) is 20.2. The third-order valence-corrected chi connectivity index (χ3v) is 7.27. The minimum Gasteiger partial charge on any atom is -0.334 e. The molecule has 1 heterocycles. The normalized spacial score (nSPS) is 11.5. The molecule has 0 fully saturated rings. The molecule has 3 rings (SSSR count). The molecule has 144 valence electrons. The van der Waals surface area contributed by atoms with Crippen LogP contribution in [0.3, 0.4) is 0 Å². The van der Waals surface area contributed by atoms with Gasteiger partial charge in [0, 0.05) is 11.9 Å². The molecule has 0 aliphatic heterocycles. The van der Waals surface area contributed by atoms with Crippen LogP contribution in [-0.4, -0.2) is 18.1 Å². The van der Waals surface area contributed by atoms with Crippen LogP contribution < -0.4 is 0 Å². The van der Waals surface area contributed by atoms with E-state index in [4.69, 9.17) is 7.85 Å². The van der Waals surface area contributed by atoms with Crippen LogP contribution in [0.5, 0.6) is 0 Å². The van der Waals surface area contributed by atoms with Crippen molar-refractivity contribution in [3.63, 3.8) is 0 Å². The Hall–Kier alpha value is -2.29. The Kier molecular flexibility index (Phi) is 5.08. The van der Waals surface area contributed by atoms with Gasteiger partial charge in [0.1, 0.15) is 5.68 Å². The Morgan fingerprint density at radius 1 is 0.714 bits per heavy atom. The van der Waals surface area contributed by atoms with Crippen molar-refractivity contribution >= 4 is 24.4 Å². The molecule has 2 radical (unpaired) electrons. The van der Waals surface area contributed by atoms with E-state index >= 15 is 0 Å². The van der Waals surface area contributed by atoms with Crippen molar-refractivity contribution in [2.45, 2.75) is 68.9 Å². The first-order chi connectivity index (χ1) is 13.0. The van der Waals surface area contributed by atoms with Gasteiger partial charge >= 0.3 is 0 Å². The topological polar surface area (TPSA) is 22.0 Å². The van der Waals surface area contributed by atoms with Gasteiger partial charge in [-0.05, 0) is 124 Å². The number of hydrogen-bond acceptors (Lipinski definition) is 1. The van der Waals surface area contributed by atoms with Gasteiger partial charge in [0.2, 0.25) is 0 Å². The minimum absolute atomic E-state index is 0.374. The van der Waals surface area contributed by atoms with Crippen molar-refractivity contribution < 1.29 is 4.79 Å². The summed E-state index contributed by atoms with van der Waals surface area (Å²) in [5.74, 6) is 0. The van der Waals surface area contributed by atoms with Crippen molar-refractivity contribution in [2.24, 2.45) is 0 Å². The number of hydrogen-bond donors (Lipinski definition) is 0. The summed E-state index contributed by atoms with van der Waals surface area (Å²) in [6.07, 6.45) is 0. The number of carbonyl (C=O) groups excluding carboxylic acids is 1. The van der Waals surface area contributed by atoms with E-state index in [2.05, 4.69) is 66.9 Å². The molecule has 0 aliphatic rings. The first-order valence-corrected chi connectivity index (χ1v) is 9.94. The van der Waals surface area contributed by atoms with Crippen LogP contribution in [0.15, 0.2) is 6.07 Å². The van der Waals surface area contributed by atoms with Crippen LogP contribution in [0.2, 0.25) is 0 Å². The van der Waals surface area contributed by atoms with Gasteiger partial charge in [0.25, 0.3) is 0 Å². The van der Waals surface area contributed by atoms with E-state index in [0.29, 0.717) is 12.2 Å². The van der Waals surface area contributed by atoms with Crippen molar-refractivity contribution in [3.8, 4) is 0 Å². The number of rotatable bonds is 3. The Bertz CT molecular complexity index is 1120. The maximum Gasteiger partial charge on any atom is 0.177 e. The van der Waals surface area contributed by atoms with Crippen molar-refractivity contribution in [1.82, 2.24) is 4.57 Å². The largest absolute Gasteiger partial charge is 0.334 e. The molecular formula is C25H30BNO. The van der Waals surface area contributed by atoms with E-state index in [0.717, 1.165) is 10.9 Å². The van der Waals surface area contributed by atoms with Gasteiger partial charge in [-0.2, -0.15) is 0 Å². The zero-order chi connectivity index (χ0) is 21.1. The second-order valence-electron chi connectivity index (χ2n) is 8.35. The van der Waals surface area contributed by atoms with Crippen LogP contribution in [0.1, 0.15) is 66.1 Å². The van der Waals surface area contributed by atoms with Gasteiger partial charge in [0.05, 0.1) is 11.2 Å². The molecule has 2 aromatic carbocycles. The van der Waals surface area contributed by atoms with E-state index in [1.54, 1.807) is 0 Å². The monoisotopic (exact) mass is 371 g/mol. The fraction of sp³-hybridized carbons (Fsp3) is 0.400. The highest BCUT2D eigenvalue weighted by Crippen LogP contribution is 2.34. The maximum atomic E-state index is 12.3. The number of benzene rings is 2. The lowest BCUT2D eigenvalue weighted by molar-refractivity contribution is 0.107. The maximum absolute atomic E-state index is 12.3. The number of nitrogens with zero attached hydrogens (tertiary/aromatic N) is 1. The predicted molar refractivity (Wildman–Crippen MR) is 120 cm³/mol. The fourth-order valence-electron chi connectivity index (χ4n) is 4.52. The average Bonchev–Trinajstić information content (AvgIpc) is 3.04. The van der Waals surface area contributed by atoms with Gasteiger partial charge in [-0.15, -0.1) is 0 Å². The van der Waals surface area contributed by atoms with E-state index < -0.39 is 0 Å². The average molecular weight is 371 g/mol. The molecule has 0 spiro atoms. The summed E-state index contributed by atoms with van der Waals surface area (Å²) in [7, 11) is 5.81. The summed E-state index contributed by atoms with van der Waals surface area (Å²) in [4.78, 5) is 12.3. The van der Waals surface area contributed by atoms with Crippen molar-refractivity contribution in [1.29, 1.82) is 0 Å². The standard InChI is InChI=1S/C25H30BNO/c1-12-13(2)18(7)22(19(8)14(12)3)11-27-23(25(26)28)10-21-17(6)15(4)16(5)20(9)24(21)27/h10H,11H2,1-9H3. The van der Waals surface area contributed by atoms with Gasteiger partial charge in [0.15, 0.2) is 7.85 Å². The fourth-order valence-corrected chi connectivity index (χ4v) is 4.52. The quantitative estimate of drug-likeness (QED) is 0.536. The van der Waals surface area contributed by atoms with E-state index in [1.165, 1.54) is 55.6 Å². The van der Waals surface area contributed by atoms with E-state index in [9.17, 15) is 4.79 Å². The zero-order valence-corrected chi connectivity index (χ0v) is 18.7. The summed E-state index contributed by atoms with van der Waals surface area (Å²) < 4.78 is 2.13. The van der Waals surface area contributed by atoms with Crippen LogP contribution in [0.25, 0.3) is 10.9 Å². The molecule has 1 aromatic heterocycles. The van der Waals surface area contributed by atoms with Crippen LogP contribution >= 0.6 is 0 Å². The van der Waals surface area contributed by atoms with Crippen molar-refractivity contribution in [3.05, 3.63) is 67.4 Å². The molecule has 2 nitrogen and oxygen atoms in total. The third-order valence-electron chi connectivity index (χ3n) is 7.27. The molecule has 0 amide bonds. The molecule has 0 bridgehead atoms. The highest BCUT2D eigenvalue weighted by atomic mass is 16.1. The predicted octanol–water partition coefficient (Wildman–Crippen LogP) is 5.77. The Balaban J connectivity index is 2.40. The molecule has 0 aliphatic carbocycles. The lowest BCUT2D eigenvalue weighted by Gasteiger charge is -2.21. The van der Waals surface area contributed by atoms with Crippen LogP contribution in [-0.2, 0) is 6.54 Å². The minimum atomic E-state index is -0.374. The molecule has 28 heavy (non-hydrogen) atoms. The van der Waals surface area contributed by atoms with Crippen molar-refractivity contribution in [2.75, 3.05) is 0 Å². The highest BCUT2D eigenvalue weighted by Gasteiger charge is 2.21. The summed E-state index contributed by atoms with van der Waals surface area (Å²) in [5.41, 5.74) is 14.3. The SMILES string of the molecule is [B]C(=O)c1cc2c(C)c(C)c(C)c(C)c2n1Cc1c(C)c(C)c(C)c(C)c1C. The lowest BCUT2D eigenvalue weighted by atomic mass is 9.89. The molecular weight excluding hydrogens is 341 g/mol. The molecule has 0 atom stereocenters. The highest BCUT2D eigenvalue weighted by molar-refractivity contribution is 6.62. The molecule has 3 aromatic rings.